The molecule has 2 aliphatic heterocycles. The van der Waals surface area contributed by atoms with Gasteiger partial charge in [0.05, 0.1) is 0 Å². The maximum absolute atomic E-state index is 12.6. The van der Waals surface area contributed by atoms with Crippen LogP contribution in [0.1, 0.15) is 41.8 Å². The van der Waals surface area contributed by atoms with E-state index >= 15 is 0 Å². The Morgan fingerprint density at radius 1 is 1.15 bits per heavy atom. The van der Waals surface area contributed by atoms with Crippen molar-refractivity contribution in [1.29, 1.82) is 0 Å². The van der Waals surface area contributed by atoms with Crippen molar-refractivity contribution in [3.05, 3.63) is 34.9 Å². The molecule has 2 aliphatic rings. The van der Waals surface area contributed by atoms with Crippen LogP contribution in [0.15, 0.2) is 18.2 Å². The molecule has 1 N–H and O–H groups in total. The van der Waals surface area contributed by atoms with Gasteiger partial charge in [-0.3, -0.25) is 4.79 Å². The number of benzene rings is 1. The number of amides is 1. The zero-order valence-corrected chi connectivity index (χ0v) is 13.0. The van der Waals surface area contributed by atoms with E-state index in [1.165, 1.54) is 17.5 Å². The molecule has 1 aromatic rings. The lowest BCUT2D eigenvalue weighted by Crippen LogP contribution is -2.42. The Morgan fingerprint density at radius 2 is 1.80 bits per heavy atom. The summed E-state index contributed by atoms with van der Waals surface area (Å²) in [6.45, 7) is 8.10. The van der Waals surface area contributed by atoms with Gasteiger partial charge in [0.25, 0.3) is 5.91 Å². The third kappa shape index (κ3) is 2.99. The second-order valence-corrected chi connectivity index (χ2v) is 6.24. The topological polar surface area (TPSA) is 32.3 Å². The first-order valence-corrected chi connectivity index (χ1v) is 7.25. The number of hydrogen-bond donors (Lipinski definition) is 1. The molecule has 1 aromatic carbocycles. The molecule has 1 amide bonds. The molecule has 3 rings (SSSR count). The van der Waals surface area contributed by atoms with Gasteiger partial charge >= 0.3 is 0 Å². The minimum absolute atomic E-state index is 0. The van der Waals surface area contributed by atoms with Gasteiger partial charge in [0.1, 0.15) is 0 Å². The number of fused-ring (bicyclic) bond motifs is 1. The van der Waals surface area contributed by atoms with Crippen LogP contribution in [0.5, 0.6) is 0 Å². The molecule has 0 saturated carbocycles. The maximum Gasteiger partial charge on any atom is 0.253 e. The fourth-order valence-electron chi connectivity index (χ4n) is 3.44. The van der Waals surface area contributed by atoms with E-state index < -0.39 is 0 Å². The molecule has 0 radical (unpaired) electrons. The van der Waals surface area contributed by atoms with Gasteiger partial charge in [-0.15, -0.1) is 12.4 Å². The summed E-state index contributed by atoms with van der Waals surface area (Å²) in [6.07, 6.45) is 1.23. The zero-order chi connectivity index (χ0) is 13.4. The van der Waals surface area contributed by atoms with Crippen molar-refractivity contribution in [2.24, 2.45) is 11.8 Å². The Morgan fingerprint density at radius 3 is 2.50 bits per heavy atom. The monoisotopic (exact) mass is 294 g/mol. The SMILES string of the molecule is CC1CC(C)CN(C(=O)c2ccc3c(c2)CNC3)C1.Cl. The smallest absolute Gasteiger partial charge is 0.253 e. The standard InChI is InChI=1S/C16H22N2O.ClH/c1-11-5-12(2)10-18(9-11)16(19)13-3-4-14-7-17-8-15(14)6-13;/h3-4,6,11-12,17H,5,7-10H2,1-2H3;1H. The number of halogens is 1. The molecule has 2 unspecified atom stereocenters. The number of rotatable bonds is 1. The lowest BCUT2D eigenvalue weighted by Gasteiger charge is -2.35. The lowest BCUT2D eigenvalue weighted by atomic mass is 9.91. The Bertz CT molecular complexity index is 493. The second kappa shape index (κ2) is 6.15. The fraction of sp³-hybridized carbons (Fsp3) is 0.562. The van der Waals surface area contributed by atoms with Crippen molar-refractivity contribution in [2.75, 3.05) is 13.1 Å². The second-order valence-electron chi connectivity index (χ2n) is 6.24. The first-order valence-electron chi connectivity index (χ1n) is 7.25. The van der Waals surface area contributed by atoms with E-state index in [1.54, 1.807) is 0 Å². The van der Waals surface area contributed by atoms with E-state index in [-0.39, 0.29) is 18.3 Å². The average Bonchev–Trinajstić information content (AvgIpc) is 2.83. The minimum Gasteiger partial charge on any atom is -0.338 e. The Kier molecular flexibility index (Phi) is 4.71. The molecular weight excluding hydrogens is 272 g/mol. The van der Waals surface area contributed by atoms with E-state index in [4.69, 9.17) is 0 Å². The van der Waals surface area contributed by atoms with E-state index in [2.05, 4.69) is 31.3 Å². The number of hydrogen-bond acceptors (Lipinski definition) is 2. The summed E-state index contributed by atoms with van der Waals surface area (Å²) in [4.78, 5) is 14.6. The molecule has 110 valence electrons. The predicted molar refractivity (Wildman–Crippen MR) is 83.1 cm³/mol. The summed E-state index contributed by atoms with van der Waals surface area (Å²) in [5.41, 5.74) is 3.46. The van der Waals surface area contributed by atoms with E-state index in [1.807, 2.05) is 11.0 Å². The van der Waals surface area contributed by atoms with Crippen molar-refractivity contribution in [1.82, 2.24) is 10.2 Å². The van der Waals surface area contributed by atoms with Gasteiger partial charge in [0.15, 0.2) is 0 Å². The fourth-order valence-corrected chi connectivity index (χ4v) is 3.44. The normalized spacial score (nSPS) is 25.0. The zero-order valence-electron chi connectivity index (χ0n) is 12.2. The first-order chi connectivity index (χ1) is 9.13. The van der Waals surface area contributed by atoms with Crippen molar-refractivity contribution >= 4 is 18.3 Å². The molecule has 3 nitrogen and oxygen atoms in total. The van der Waals surface area contributed by atoms with Crippen LogP contribution in [0.3, 0.4) is 0 Å². The molecule has 1 fully saturated rings. The molecule has 0 aliphatic carbocycles. The van der Waals surface area contributed by atoms with Crippen LogP contribution in [0.25, 0.3) is 0 Å². The lowest BCUT2D eigenvalue weighted by molar-refractivity contribution is 0.0623. The van der Waals surface area contributed by atoms with Crippen molar-refractivity contribution in [3.63, 3.8) is 0 Å². The number of carbonyl (C=O) groups excluding carboxylic acids is 1. The van der Waals surface area contributed by atoms with Crippen LogP contribution >= 0.6 is 12.4 Å². The van der Waals surface area contributed by atoms with E-state index in [0.717, 1.165) is 31.7 Å². The van der Waals surface area contributed by atoms with Crippen molar-refractivity contribution < 1.29 is 4.79 Å². The van der Waals surface area contributed by atoms with Crippen LogP contribution in [-0.4, -0.2) is 23.9 Å². The summed E-state index contributed by atoms with van der Waals surface area (Å²) >= 11 is 0. The number of piperidine rings is 1. The molecule has 2 atom stereocenters. The van der Waals surface area contributed by atoms with Crippen LogP contribution < -0.4 is 5.32 Å². The largest absolute Gasteiger partial charge is 0.338 e. The highest BCUT2D eigenvalue weighted by atomic mass is 35.5. The Labute approximate surface area is 127 Å². The summed E-state index contributed by atoms with van der Waals surface area (Å²) in [7, 11) is 0. The maximum atomic E-state index is 12.6. The van der Waals surface area contributed by atoms with E-state index in [9.17, 15) is 4.79 Å². The highest BCUT2D eigenvalue weighted by Gasteiger charge is 2.26. The van der Waals surface area contributed by atoms with Gasteiger partial charge in [-0.05, 0) is 41.5 Å². The number of carbonyl (C=O) groups is 1. The van der Waals surface area contributed by atoms with E-state index in [0.29, 0.717) is 11.8 Å². The Balaban J connectivity index is 0.00000147. The molecule has 0 spiro atoms. The quantitative estimate of drug-likeness (QED) is 0.864. The molecule has 20 heavy (non-hydrogen) atoms. The summed E-state index contributed by atoms with van der Waals surface area (Å²) < 4.78 is 0. The minimum atomic E-state index is 0. The van der Waals surface area contributed by atoms with Crippen LogP contribution in [0, 0.1) is 11.8 Å². The molecular formula is C16H23ClN2O. The highest BCUT2D eigenvalue weighted by molar-refractivity contribution is 5.94. The van der Waals surface area contributed by atoms with Gasteiger partial charge in [-0.1, -0.05) is 19.9 Å². The van der Waals surface area contributed by atoms with Gasteiger partial charge in [-0.25, -0.2) is 0 Å². The van der Waals surface area contributed by atoms with Crippen LogP contribution in [0.2, 0.25) is 0 Å². The van der Waals surface area contributed by atoms with Gasteiger partial charge in [-0.2, -0.15) is 0 Å². The predicted octanol–water partition coefficient (Wildman–Crippen LogP) is 2.83. The molecule has 4 heteroatoms. The number of likely N-dealkylation sites (tertiary alicyclic amines) is 1. The van der Waals surface area contributed by atoms with Gasteiger partial charge < -0.3 is 10.2 Å². The third-order valence-electron chi connectivity index (χ3n) is 4.24. The molecule has 0 bridgehead atoms. The van der Waals surface area contributed by atoms with Gasteiger partial charge in [0, 0.05) is 31.7 Å². The summed E-state index contributed by atoms with van der Waals surface area (Å²) in [5, 5.41) is 3.32. The number of nitrogens with one attached hydrogen (secondary N) is 1. The summed E-state index contributed by atoms with van der Waals surface area (Å²) in [5.74, 6) is 1.43. The van der Waals surface area contributed by atoms with Crippen molar-refractivity contribution in [3.8, 4) is 0 Å². The van der Waals surface area contributed by atoms with Gasteiger partial charge in [0.2, 0.25) is 0 Å². The first kappa shape index (κ1) is 15.3. The highest BCUT2D eigenvalue weighted by Crippen LogP contribution is 2.24. The third-order valence-corrected chi connectivity index (χ3v) is 4.24. The number of nitrogens with zero attached hydrogens (tertiary/aromatic N) is 1. The van der Waals surface area contributed by atoms with Crippen LogP contribution in [0.4, 0.5) is 0 Å². The Hall–Kier alpha value is -1.06. The molecule has 1 saturated heterocycles. The molecule has 0 aromatic heterocycles. The molecule has 2 heterocycles. The summed E-state index contributed by atoms with van der Waals surface area (Å²) in [6, 6.07) is 6.15. The van der Waals surface area contributed by atoms with Crippen molar-refractivity contribution in [2.45, 2.75) is 33.4 Å². The average molecular weight is 295 g/mol. The van der Waals surface area contributed by atoms with Crippen LogP contribution in [-0.2, 0) is 13.1 Å².